The van der Waals surface area contributed by atoms with Crippen LogP contribution in [0.4, 0.5) is 5.69 Å². The third kappa shape index (κ3) is 3.02. The summed E-state index contributed by atoms with van der Waals surface area (Å²) in [6, 6.07) is 19.3. The molecule has 0 aliphatic rings. The Kier molecular flexibility index (Phi) is 4.24. The van der Waals surface area contributed by atoms with Crippen molar-refractivity contribution in [3.8, 4) is 5.75 Å². The quantitative estimate of drug-likeness (QED) is 0.685. The van der Waals surface area contributed by atoms with E-state index in [1.165, 1.54) is 33.2 Å². The van der Waals surface area contributed by atoms with Crippen LogP contribution in [0, 0.1) is 6.92 Å². The summed E-state index contributed by atoms with van der Waals surface area (Å²) in [5.41, 5.74) is 5.14. The van der Waals surface area contributed by atoms with Crippen molar-refractivity contribution >= 4 is 16.5 Å². The first-order valence-corrected chi connectivity index (χ1v) is 7.91. The molecule has 3 aromatic rings. The molecule has 0 fully saturated rings. The van der Waals surface area contributed by atoms with Crippen molar-refractivity contribution in [3.05, 3.63) is 71.3 Å². The van der Waals surface area contributed by atoms with Crippen LogP contribution in [-0.2, 0) is 6.42 Å². The van der Waals surface area contributed by atoms with Gasteiger partial charge in [0.15, 0.2) is 0 Å². The molecule has 0 amide bonds. The summed E-state index contributed by atoms with van der Waals surface area (Å²) in [5.74, 6) is 0.958. The number of methoxy groups -OCH3 is 1. The van der Waals surface area contributed by atoms with Crippen LogP contribution in [0.3, 0.4) is 0 Å². The van der Waals surface area contributed by atoms with E-state index < -0.39 is 0 Å². The molecule has 0 saturated carbocycles. The van der Waals surface area contributed by atoms with Crippen LogP contribution in [0.5, 0.6) is 5.75 Å². The molecule has 0 radical (unpaired) electrons. The van der Waals surface area contributed by atoms with Gasteiger partial charge >= 0.3 is 0 Å². The number of ether oxygens (including phenoxy) is 1. The van der Waals surface area contributed by atoms with Gasteiger partial charge < -0.3 is 9.64 Å². The average Bonchev–Trinajstić information content (AvgIpc) is 2.56. The molecule has 118 valence electrons. The van der Waals surface area contributed by atoms with Gasteiger partial charge in [0.25, 0.3) is 0 Å². The molecule has 0 unspecified atom stereocenters. The Morgan fingerprint density at radius 1 is 0.957 bits per heavy atom. The highest BCUT2D eigenvalue weighted by molar-refractivity contribution is 5.88. The van der Waals surface area contributed by atoms with Crippen molar-refractivity contribution in [2.75, 3.05) is 26.1 Å². The maximum absolute atomic E-state index is 5.62. The number of rotatable bonds is 4. The van der Waals surface area contributed by atoms with Crippen LogP contribution in [0.1, 0.15) is 16.7 Å². The molecular weight excluding hydrogens is 282 g/mol. The minimum absolute atomic E-state index is 0.879. The molecule has 23 heavy (non-hydrogen) atoms. The van der Waals surface area contributed by atoms with Gasteiger partial charge in [0.2, 0.25) is 0 Å². The van der Waals surface area contributed by atoms with Crippen molar-refractivity contribution in [1.29, 1.82) is 0 Å². The van der Waals surface area contributed by atoms with E-state index in [1.807, 2.05) is 0 Å². The van der Waals surface area contributed by atoms with E-state index in [-0.39, 0.29) is 0 Å². The fraction of sp³-hybridized carbons (Fsp3) is 0.238. The lowest BCUT2D eigenvalue weighted by atomic mass is 9.95. The molecule has 0 spiro atoms. The second kappa shape index (κ2) is 6.33. The van der Waals surface area contributed by atoms with E-state index in [1.54, 1.807) is 7.11 Å². The Labute approximate surface area is 138 Å². The molecule has 0 N–H and O–H groups in total. The van der Waals surface area contributed by atoms with Crippen LogP contribution in [0.2, 0.25) is 0 Å². The van der Waals surface area contributed by atoms with Gasteiger partial charge in [0.1, 0.15) is 5.75 Å². The van der Waals surface area contributed by atoms with Gasteiger partial charge in [0, 0.05) is 31.8 Å². The summed E-state index contributed by atoms with van der Waals surface area (Å²) in [6.07, 6.45) is 0.879. The summed E-state index contributed by atoms with van der Waals surface area (Å²) in [7, 11) is 5.89. The minimum atomic E-state index is 0.879. The molecule has 0 aliphatic carbocycles. The van der Waals surface area contributed by atoms with Crippen LogP contribution in [-0.4, -0.2) is 21.2 Å². The summed E-state index contributed by atoms with van der Waals surface area (Å²) >= 11 is 0. The number of aryl methyl sites for hydroxylation is 1. The van der Waals surface area contributed by atoms with Gasteiger partial charge in [-0.3, -0.25) is 0 Å². The number of hydrogen-bond donors (Lipinski definition) is 0. The number of anilines is 1. The van der Waals surface area contributed by atoms with Crippen molar-refractivity contribution in [1.82, 2.24) is 0 Å². The maximum Gasteiger partial charge on any atom is 0.123 e. The third-order valence-corrected chi connectivity index (χ3v) is 4.43. The molecule has 2 heteroatoms. The Bertz CT molecular complexity index is 836. The van der Waals surface area contributed by atoms with Crippen LogP contribution in [0.25, 0.3) is 10.8 Å². The number of fused-ring (bicyclic) bond motifs is 1. The van der Waals surface area contributed by atoms with Crippen LogP contribution in [0.15, 0.2) is 54.6 Å². The van der Waals surface area contributed by atoms with Gasteiger partial charge in [-0.25, -0.2) is 0 Å². The van der Waals surface area contributed by atoms with Crippen molar-refractivity contribution in [2.24, 2.45) is 0 Å². The lowest BCUT2D eigenvalue weighted by Gasteiger charge is -2.17. The minimum Gasteiger partial charge on any atom is -0.496 e. The average molecular weight is 305 g/mol. The zero-order valence-electron chi connectivity index (χ0n) is 14.3. The van der Waals surface area contributed by atoms with E-state index in [0.717, 1.165) is 12.2 Å². The number of nitrogens with zero attached hydrogens (tertiary/aromatic N) is 1. The third-order valence-electron chi connectivity index (χ3n) is 4.43. The SMILES string of the molecule is COc1ccc2ccccc2c1Cc1ccc(N(C)C)cc1C. The highest BCUT2D eigenvalue weighted by Crippen LogP contribution is 2.31. The van der Waals surface area contributed by atoms with Crippen LogP contribution < -0.4 is 9.64 Å². The Morgan fingerprint density at radius 3 is 2.43 bits per heavy atom. The van der Waals surface area contributed by atoms with E-state index >= 15 is 0 Å². The Balaban J connectivity index is 2.07. The summed E-state index contributed by atoms with van der Waals surface area (Å²) in [5, 5.41) is 2.52. The van der Waals surface area contributed by atoms with Crippen molar-refractivity contribution in [3.63, 3.8) is 0 Å². The summed E-state index contributed by atoms with van der Waals surface area (Å²) in [4.78, 5) is 2.13. The first-order chi connectivity index (χ1) is 11.1. The maximum atomic E-state index is 5.62. The van der Waals surface area contributed by atoms with E-state index in [0.29, 0.717) is 0 Å². The molecule has 0 atom stereocenters. The van der Waals surface area contributed by atoms with Gasteiger partial charge in [-0.1, -0.05) is 36.4 Å². The Hall–Kier alpha value is -2.48. The molecule has 0 bridgehead atoms. The van der Waals surface area contributed by atoms with E-state index in [4.69, 9.17) is 4.74 Å². The lowest BCUT2D eigenvalue weighted by molar-refractivity contribution is 0.411. The molecule has 0 heterocycles. The number of benzene rings is 3. The molecule has 2 nitrogen and oxygen atoms in total. The van der Waals surface area contributed by atoms with Gasteiger partial charge in [-0.15, -0.1) is 0 Å². The normalized spacial score (nSPS) is 10.8. The predicted octanol–water partition coefficient (Wildman–Crippen LogP) is 4.81. The van der Waals surface area contributed by atoms with E-state index in [9.17, 15) is 0 Å². The fourth-order valence-corrected chi connectivity index (χ4v) is 3.04. The molecule has 3 aromatic carbocycles. The van der Waals surface area contributed by atoms with E-state index in [2.05, 4.69) is 80.5 Å². The largest absolute Gasteiger partial charge is 0.496 e. The molecule has 0 aromatic heterocycles. The highest BCUT2D eigenvalue weighted by atomic mass is 16.5. The predicted molar refractivity (Wildman–Crippen MR) is 98.8 cm³/mol. The van der Waals surface area contributed by atoms with Crippen LogP contribution >= 0.6 is 0 Å². The molecule has 0 aliphatic heterocycles. The van der Waals surface area contributed by atoms with Crippen molar-refractivity contribution < 1.29 is 4.74 Å². The molecular formula is C21H23NO. The Morgan fingerprint density at radius 2 is 1.74 bits per heavy atom. The zero-order chi connectivity index (χ0) is 16.4. The van der Waals surface area contributed by atoms with Crippen molar-refractivity contribution in [2.45, 2.75) is 13.3 Å². The monoisotopic (exact) mass is 305 g/mol. The molecule has 0 saturated heterocycles. The fourth-order valence-electron chi connectivity index (χ4n) is 3.04. The second-order valence-corrected chi connectivity index (χ2v) is 6.15. The topological polar surface area (TPSA) is 12.5 Å². The number of hydrogen-bond acceptors (Lipinski definition) is 2. The van der Waals surface area contributed by atoms with Gasteiger partial charge in [-0.05, 0) is 47.0 Å². The molecule has 3 rings (SSSR count). The lowest BCUT2D eigenvalue weighted by Crippen LogP contribution is -2.09. The standard InChI is InChI=1S/C21H23NO/c1-15-13-18(22(2)3)11-9-17(15)14-20-19-8-6-5-7-16(19)10-12-21(20)23-4/h5-13H,14H2,1-4H3. The smallest absolute Gasteiger partial charge is 0.123 e. The van der Waals surface area contributed by atoms with Gasteiger partial charge in [0.05, 0.1) is 7.11 Å². The summed E-state index contributed by atoms with van der Waals surface area (Å²) < 4.78 is 5.62. The highest BCUT2D eigenvalue weighted by Gasteiger charge is 2.11. The zero-order valence-corrected chi connectivity index (χ0v) is 14.3. The van der Waals surface area contributed by atoms with Gasteiger partial charge in [-0.2, -0.15) is 0 Å². The second-order valence-electron chi connectivity index (χ2n) is 6.15. The first kappa shape index (κ1) is 15.4. The first-order valence-electron chi connectivity index (χ1n) is 7.91. The summed E-state index contributed by atoms with van der Waals surface area (Å²) in [6.45, 7) is 2.18.